The highest BCUT2D eigenvalue weighted by Crippen LogP contribution is 2.22. The molecule has 0 aliphatic carbocycles. The van der Waals surface area contributed by atoms with Gasteiger partial charge in [0.05, 0.1) is 0 Å². The van der Waals surface area contributed by atoms with Crippen LogP contribution in [0.15, 0.2) is 18.2 Å². The number of hydrogen-bond donors (Lipinski definition) is 0. The van der Waals surface area contributed by atoms with Crippen LogP contribution in [0.3, 0.4) is 0 Å². The normalized spacial score (nSPS) is 10.8. The van der Waals surface area contributed by atoms with Gasteiger partial charge in [-0.3, -0.25) is 14.4 Å². The first kappa shape index (κ1) is 23.3. The van der Waals surface area contributed by atoms with Crippen molar-refractivity contribution in [3.05, 3.63) is 34.9 Å². The second-order valence-corrected chi connectivity index (χ2v) is 7.46. The van der Waals surface area contributed by atoms with Gasteiger partial charge in [0.15, 0.2) is 17.3 Å². The number of unbranched alkanes of at least 4 members (excludes halogenated alkanes) is 8. The maximum Gasteiger partial charge on any atom is 0.164 e. The summed E-state index contributed by atoms with van der Waals surface area (Å²) in [5, 5.41) is 0. The minimum atomic E-state index is -0.151. The van der Waals surface area contributed by atoms with Gasteiger partial charge in [0.25, 0.3) is 0 Å². The Morgan fingerprint density at radius 3 is 1.67 bits per heavy atom. The fraction of sp³-hybridized carbons (Fsp3) is 0.625. The van der Waals surface area contributed by atoms with Crippen LogP contribution in [0.4, 0.5) is 0 Å². The number of carbonyl (C=O) groups is 3. The SMILES string of the molecule is CCCCCCCC(=O)c1cccc(C(C)=O)c1C(=O)CCCCCCC. The van der Waals surface area contributed by atoms with Crippen molar-refractivity contribution in [1.29, 1.82) is 0 Å². The maximum absolute atomic E-state index is 12.8. The van der Waals surface area contributed by atoms with Crippen LogP contribution < -0.4 is 0 Å². The molecular weight excluding hydrogens is 336 g/mol. The zero-order valence-electron chi connectivity index (χ0n) is 17.4. The van der Waals surface area contributed by atoms with E-state index in [1.807, 2.05) is 0 Å². The van der Waals surface area contributed by atoms with Crippen molar-refractivity contribution in [2.45, 2.75) is 97.8 Å². The van der Waals surface area contributed by atoms with E-state index in [2.05, 4.69) is 13.8 Å². The van der Waals surface area contributed by atoms with Gasteiger partial charge in [-0.25, -0.2) is 0 Å². The minimum absolute atomic E-state index is 0.0102. The average Bonchev–Trinajstić information content (AvgIpc) is 2.66. The number of hydrogen-bond acceptors (Lipinski definition) is 3. The molecule has 0 aliphatic heterocycles. The highest BCUT2D eigenvalue weighted by atomic mass is 16.1. The summed E-state index contributed by atoms with van der Waals surface area (Å²) >= 11 is 0. The van der Waals surface area contributed by atoms with E-state index in [1.54, 1.807) is 18.2 Å². The zero-order chi connectivity index (χ0) is 20.1. The first-order valence-electron chi connectivity index (χ1n) is 10.7. The highest BCUT2D eigenvalue weighted by Gasteiger charge is 2.22. The fourth-order valence-electron chi connectivity index (χ4n) is 3.42. The van der Waals surface area contributed by atoms with Crippen molar-refractivity contribution in [2.75, 3.05) is 0 Å². The third kappa shape index (κ3) is 8.19. The lowest BCUT2D eigenvalue weighted by Gasteiger charge is -2.12. The Hall–Kier alpha value is -1.77. The second-order valence-electron chi connectivity index (χ2n) is 7.46. The van der Waals surface area contributed by atoms with Crippen LogP contribution in [-0.2, 0) is 0 Å². The van der Waals surface area contributed by atoms with E-state index >= 15 is 0 Å². The van der Waals surface area contributed by atoms with Gasteiger partial charge in [-0.05, 0) is 19.8 Å². The Balaban J connectivity index is 2.84. The lowest BCUT2D eigenvalue weighted by Crippen LogP contribution is -2.14. The third-order valence-corrected chi connectivity index (χ3v) is 5.04. The summed E-state index contributed by atoms with van der Waals surface area (Å²) in [6.45, 7) is 5.79. The van der Waals surface area contributed by atoms with Gasteiger partial charge in [0.2, 0.25) is 0 Å². The summed E-state index contributed by atoms with van der Waals surface area (Å²) < 4.78 is 0. The molecule has 0 heterocycles. The van der Waals surface area contributed by atoms with Crippen molar-refractivity contribution >= 4 is 17.3 Å². The molecule has 1 rings (SSSR count). The maximum atomic E-state index is 12.8. The van der Waals surface area contributed by atoms with Gasteiger partial charge in [-0.15, -0.1) is 0 Å². The van der Waals surface area contributed by atoms with Crippen LogP contribution in [0.25, 0.3) is 0 Å². The van der Waals surface area contributed by atoms with Gasteiger partial charge in [0, 0.05) is 29.5 Å². The average molecular weight is 373 g/mol. The highest BCUT2D eigenvalue weighted by molar-refractivity contribution is 6.15. The molecule has 1 aromatic rings. The van der Waals surface area contributed by atoms with Crippen LogP contribution in [-0.4, -0.2) is 17.3 Å². The van der Waals surface area contributed by atoms with E-state index in [4.69, 9.17) is 0 Å². The Morgan fingerprint density at radius 2 is 1.15 bits per heavy atom. The van der Waals surface area contributed by atoms with E-state index in [1.165, 1.54) is 26.2 Å². The minimum Gasteiger partial charge on any atom is -0.294 e. The second kappa shape index (κ2) is 13.4. The number of rotatable bonds is 15. The first-order valence-corrected chi connectivity index (χ1v) is 10.7. The Morgan fingerprint density at radius 1 is 0.667 bits per heavy atom. The predicted molar refractivity (Wildman–Crippen MR) is 112 cm³/mol. The number of ketones is 3. The molecule has 0 amide bonds. The van der Waals surface area contributed by atoms with E-state index in [-0.39, 0.29) is 17.3 Å². The van der Waals surface area contributed by atoms with Crippen molar-refractivity contribution in [2.24, 2.45) is 0 Å². The summed E-state index contributed by atoms with van der Waals surface area (Å²) in [5.74, 6) is -0.225. The topological polar surface area (TPSA) is 51.2 Å². The monoisotopic (exact) mass is 372 g/mol. The standard InChI is InChI=1S/C24H36O3/c1-4-6-8-10-12-17-22(26)21-16-14-15-20(19(3)25)24(21)23(27)18-13-11-9-7-5-2/h14-16H,4-13,17-18H2,1-3H3. The molecule has 0 N–H and O–H groups in total. The zero-order valence-corrected chi connectivity index (χ0v) is 17.4. The molecule has 3 heteroatoms. The van der Waals surface area contributed by atoms with Gasteiger partial charge in [-0.1, -0.05) is 83.4 Å². The Labute approximate surface area is 164 Å². The third-order valence-electron chi connectivity index (χ3n) is 5.04. The van der Waals surface area contributed by atoms with Gasteiger partial charge in [0.1, 0.15) is 0 Å². The number of carbonyl (C=O) groups excluding carboxylic acids is 3. The molecule has 0 saturated carbocycles. The van der Waals surface area contributed by atoms with E-state index in [0.29, 0.717) is 29.5 Å². The van der Waals surface area contributed by atoms with Gasteiger partial charge in [-0.2, -0.15) is 0 Å². The summed E-state index contributed by atoms with van der Waals surface area (Å²) in [5.41, 5.74) is 1.20. The van der Waals surface area contributed by atoms with Gasteiger partial charge >= 0.3 is 0 Å². The van der Waals surface area contributed by atoms with E-state index < -0.39 is 0 Å². The molecule has 1 aromatic carbocycles. The van der Waals surface area contributed by atoms with Crippen LogP contribution in [0, 0.1) is 0 Å². The molecule has 0 spiro atoms. The van der Waals surface area contributed by atoms with Crippen LogP contribution in [0.2, 0.25) is 0 Å². The predicted octanol–water partition coefficient (Wildman–Crippen LogP) is 6.98. The van der Waals surface area contributed by atoms with Gasteiger partial charge < -0.3 is 0 Å². The molecule has 0 saturated heterocycles. The fourth-order valence-corrected chi connectivity index (χ4v) is 3.42. The Bertz CT molecular complexity index is 616. The molecule has 0 aromatic heterocycles. The molecule has 150 valence electrons. The summed E-state index contributed by atoms with van der Waals surface area (Å²) in [6, 6.07) is 5.11. The quantitative estimate of drug-likeness (QED) is 0.246. The largest absolute Gasteiger partial charge is 0.294 e. The van der Waals surface area contributed by atoms with E-state index in [9.17, 15) is 14.4 Å². The molecule has 0 unspecified atom stereocenters. The first-order chi connectivity index (χ1) is 13.0. The van der Waals surface area contributed by atoms with Crippen molar-refractivity contribution in [3.8, 4) is 0 Å². The molecule has 0 atom stereocenters. The Kier molecular flexibility index (Phi) is 11.6. The van der Waals surface area contributed by atoms with E-state index in [0.717, 1.165) is 44.9 Å². The van der Waals surface area contributed by atoms with Crippen LogP contribution in [0.1, 0.15) is 129 Å². The summed E-state index contributed by atoms with van der Waals surface area (Å²) in [4.78, 5) is 37.6. The summed E-state index contributed by atoms with van der Waals surface area (Å²) in [6.07, 6.45) is 11.5. The van der Waals surface area contributed by atoms with Crippen LogP contribution >= 0.6 is 0 Å². The van der Waals surface area contributed by atoms with Crippen molar-refractivity contribution in [3.63, 3.8) is 0 Å². The van der Waals surface area contributed by atoms with Crippen molar-refractivity contribution < 1.29 is 14.4 Å². The smallest absolute Gasteiger partial charge is 0.164 e. The van der Waals surface area contributed by atoms with Crippen molar-refractivity contribution in [1.82, 2.24) is 0 Å². The lowest BCUT2D eigenvalue weighted by molar-refractivity contribution is 0.0938. The number of benzene rings is 1. The lowest BCUT2D eigenvalue weighted by atomic mass is 9.89. The molecular formula is C24H36O3. The van der Waals surface area contributed by atoms with Crippen LogP contribution in [0.5, 0.6) is 0 Å². The molecule has 0 aliphatic rings. The molecule has 0 bridgehead atoms. The number of Topliss-reactive ketones (excluding diaryl/α,β-unsaturated/α-hetero) is 3. The molecule has 3 nitrogen and oxygen atoms in total. The summed E-state index contributed by atoms with van der Waals surface area (Å²) in [7, 11) is 0. The molecule has 27 heavy (non-hydrogen) atoms. The molecule has 0 radical (unpaired) electrons. The molecule has 0 fully saturated rings.